The lowest BCUT2D eigenvalue weighted by Gasteiger charge is -2.11. The number of fused-ring (bicyclic) bond motifs is 1. The van der Waals surface area contributed by atoms with Crippen molar-refractivity contribution in [3.8, 4) is 23.3 Å². The zero-order chi connectivity index (χ0) is 19.8. The lowest BCUT2D eigenvalue weighted by atomic mass is 9.96. The number of nitrogens with zero attached hydrogens (tertiary/aromatic N) is 3. The Labute approximate surface area is 162 Å². The first-order valence-corrected chi connectivity index (χ1v) is 8.91. The van der Waals surface area contributed by atoms with Crippen molar-refractivity contribution < 1.29 is 4.79 Å². The molecule has 2 atom stereocenters. The van der Waals surface area contributed by atoms with Crippen LogP contribution in [0.5, 0.6) is 0 Å². The Kier molecular flexibility index (Phi) is 4.18. The maximum atomic E-state index is 12.2. The summed E-state index contributed by atoms with van der Waals surface area (Å²) >= 11 is 0. The van der Waals surface area contributed by atoms with Gasteiger partial charge in [-0.15, -0.1) is 0 Å². The number of nitriles is 2. The molecule has 1 heterocycles. The molecular formula is C22H17N5O. The number of hydrogen-bond acceptors (Lipinski definition) is 5. The molecule has 1 aliphatic rings. The smallest absolute Gasteiger partial charge is 0.230 e. The monoisotopic (exact) mass is 367 g/mol. The fourth-order valence-corrected chi connectivity index (χ4v) is 3.41. The molecule has 2 aromatic carbocycles. The van der Waals surface area contributed by atoms with Crippen molar-refractivity contribution in [1.29, 1.82) is 10.5 Å². The summed E-state index contributed by atoms with van der Waals surface area (Å²) in [6.45, 7) is 1.95. The molecule has 1 fully saturated rings. The van der Waals surface area contributed by atoms with E-state index in [4.69, 9.17) is 16.3 Å². The zero-order valence-corrected chi connectivity index (χ0v) is 15.2. The van der Waals surface area contributed by atoms with Gasteiger partial charge in [0.15, 0.2) is 0 Å². The van der Waals surface area contributed by atoms with Crippen molar-refractivity contribution >= 4 is 28.2 Å². The molecule has 136 valence electrons. The lowest BCUT2D eigenvalue weighted by Crippen LogP contribution is -2.15. The third-order valence-corrected chi connectivity index (χ3v) is 5.08. The molecule has 4 rings (SSSR count). The van der Waals surface area contributed by atoms with Gasteiger partial charge in [0.05, 0.1) is 29.5 Å². The molecule has 0 radical (unpaired) electrons. The quantitative estimate of drug-likeness (QED) is 0.684. The third-order valence-electron chi connectivity index (χ3n) is 5.08. The molecule has 6 heteroatoms. The van der Waals surface area contributed by atoms with Crippen LogP contribution in [0.15, 0.2) is 42.6 Å². The number of benzene rings is 2. The van der Waals surface area contributed by atoms with Crippen molar-refractivity contribution in [3.05, 3.63) is 53.7 Å². The number of nitrogens with one attached hydrogen (secondary N) is 1. The number of carbonyl (C=O) groups excluding carboxylic acids is 1. The molecule has 1 aromatic heterocycles. The van der Waals surface area contributed by atoms with Crippen molar-refractivity contribution in [1.82, 2.24) is 4.98 Å². The molecule has 0 saturated heterocycles. The third kappa shape index (κ3) is 3.13. The van der Waals surface area contributed by atoms with Gasteiger partial charge < -0.3 is 11.1 Å². The first-order valence-electron chi connectivity index (χ1n) is 8.91. The normalized spacial score (nSPS) is 17.5. The van der Waals surface area contributed by atoms with Crippen LogP contribution in [0, 0.1) is 41.4 Å². The Balaban J connectivity index is 1.70. The predicted octanol–water partition coefficient (Wildman–Crippen LogP) is 3.76. The van der Waals surface area contributed by atoms with E-state index in [2.05, 4.69) is 22.4 Å². The Hall–Kier alpha value is -3.90. The fraction of sp³-hybridized carbons (Fsp3) is 0.182. The number of amides is 1. The van der Waals surface area contributed by atoms with Crippen LogP contribution in [-0.4, -0.2) is 10.9 Å². The average molecular weight is 367 g/mol. The summed E-state index contributed by atoms with van der Waals surface area (Å²) < 4.78 is 0. The van der Waals surface area contributed by atoms with Gasteiger partial charge >= 0.3 is 0 Å². The van der Waals surface area contributed by atoms with Crippen LogP contribution in [0.25, 0.3) is 21.9 Å². The standard InChI is InChI=1S/C22H17N5O/c1-12-4-13(9-23)2-3-17(12)14-5-15-8-21(26-11-19(15)20(25)7-14)27-22(28)18-6-16(18)10-24/h2-5,7-8,11,16,18H,6,25H2,1H3,(H,26,27,28). The van der Waals surface area contributed by atoms with Gasteiger partial charge in [-0.05, 0) is 65.8 Å². The van der Waals surface area contributed by atoms with Gasteiger partial charge in [-0.25, -0.2) is 4.98 Å². The topological polar surface area (TPSA) is 116 Å². The maximum Gasteiger partial charge on any atom is 0.230 e. The van der Waals surface area contributed by atoms with Crippen molar-refractivity contribution in [2.75, 3.05) is 11.1 Å². The lowest BCUT2D eigenvalue weighted by molar-refractivity contribution is -0.117. The Morgan fingerprint density at radius 2 is 2.07 bits per heavy atom. The highest BCUT2D eigenvalue weighted by molar-refractivity contribution is 6.00. The average Bonchev–Trinajstić information content (AvgIpc) is 3.47. The second-order valence-electron chi connectivity index (χ2n) is 7.06. The van der Waals surface area contributed by atoms with E-state index in [0.717, 1.165) is 27.5 Å². The summed E-state index contributed by atoms with van der Waals surface area (Å²) in [7, 11) is 0. The molecule has 0 spiro atoms. The van der Waals surface area contributed by atoms with Crippen molar-refractivity contribution in [3.63, 3.8) is 0 Å². The first-order chi connectivity index (χ1) is 13.5. The molecule has 1 amide bonds. The van der Waals surface area contributed by atoms with Crippen molar-refractivity contribution in [2.45, 2.75) is 13.3 Å². The predicted molar refractivity (Wildman–Crippen MR) is 107 cm³/mol. The molecule has 3 N–H and O–H groups in total. The van der Waals surface area contributed by atoms with Crippen LogP contribution >= 0.6 is 0 Å². The molecule has 2 unspecified atom stereocenters. The molecular weight excluding hydrogens is 350 g/mol. The molecule has 6 nitrogen and oxygen atoms in total. The Morgan fingerprint density at radius 3 is 2.75 bits per heavy atom. The number of nitrogens with two attached hydrogens (primary N) is 1. The highest BCUT2D eigenvalue weighted by Crippen LogP contribution is 2.38. The second kappa shape index (κ2) is 6.68. The summed E-state index contributed by atoms with van der Waals surface area (Å²) in [5, 5.41) is 22.4. The summed E-state index contributed by atoms with van der Waals surface area (Å²) in [6.07, 6.45) is 2.25. The summed E-state index contributed by atoms with van der Waals surface area (Å²) in [6, 6.07) is 15.5. The number of hydrogen-bond donors (Lipinski definition) is 2. The van der Waals surface area contributed by atoms with Crippen LogP contribution in [0.2, 0.25) is 0 Å². The number of anilines is 2. The number of aryl methyl sites for hydroxylation is 1. The highest BCUT2D eigenvalue weighted by atomic mass is 16.2. The molecule has 0 aliphatic heterocycles. The van der Waals surface area contributed by atoms with Gasteiger partial charge in [0.2, 0.25) is 5.91 Å². The molecule has 0 bridgehead atoms. The highest BCUT2D eigenvalue weighted by Gasteiger charge is 2.43. The number of pyridine rings is 1. The summed E-state index contributed by atoms with van der Waals surface area (Å²) in [4.78, 5) is 16.5. The van der Waals surface area contributed by atoms with Crippen molar-refractivity contribution in [2.24, 2.45) is 11.8 Å². The van der Waals surface area contributed by atoms with Gasteiger partial charge in [0.25, 0.3) is 0 Å². The van der Waals surface area contributed by atoms with Crippen LogP contribution in [0.3, 0.4) is 0 Å². The van der Waals surface area contributed by atoms with Crippen LogP contribution in [0.4, 0.5) is 11.5 Å². The number of nitrogen functional groups attached to an aromatic ring is 1. The van der Waals surface area contributed by atoms with Crippen LogP contribution in [-0.2, 0) is 4.79 Å². The van der Waals surface area contributed by atoms with E-state index in [1.54, 1.807) is 18.3 Å². The van der Waals surface area contributed by atoms with E-state index in [0.29, 0.717) is 23.5 Å². The molecule has 1 aliphatic carbocycles. The van der Waals surface area contributed by atoms with Gasteiger partial charge in [0, 0.05) is 17.3 Å². The summed E-state index contributed by atoms with van der Waals surface area (Å²) in [5.41, 5.74) is 10.3. The Morgan fingerprint density at radius 1 is 1.25 bits per heavy atom. The minimum atomic E-state index is -0.250. The van der Waals surface area contributed by atoms with Gasteiger partial charge in [-0.2, -0.15) is 10.5 Å². The fourth-order valence-electron chi connectivity index (χ4n) is 3.41. The minimum absolute atomic E-state index is 0.175. The zero-order valence-electron chi connectivity index (χ0n) is 15.2. The van der Waals surface area contributed by atoms with E-state index in [9.17, 15) is 4.79 Å². The number of carbonyl (C=O) groups is 1. The number of aromatic nitrogens is 1. The van der Waals surface area contributed by atoms with E-state index < -0.39 is 0 Å². The SMILES string of the molecule is Cc1cc(C#N)ccc1-c1cc(N)c2cnc(NC(=O)C3CC3C#N)cc2c1. The van der Waals surface area contributed by atoms with Gasteiger partial charge in [0.1, 0.15) is 5.82 Å². The van der Waals surface area contributed by atoms with Gasteiger partial charge in [-0.3, -0.25) is 4.79 Å². The van der Waals surface area contributed by atoms with Crippen LogP contribution < -0.4 is 11.1 Å². The molecule has 1 saturated carbocycles. The second-order valence-corrected chi connectivity index (χ2v) is 7.06. The largest absolute Gasteiger partial charge is 0.398 e. The van der Waals surface area contributed by atoms with Gasteiger partial charge in [-0.1, -0.05) is 6.07 Å². The van der Waals surface area contributed by atoms with E-state index >= 15 is 0 Å². The van der Waals surface area contributed by atoms with Crippen LogP contribution in [0.1, 0.15) is 17.5 Å². The number of rotatable bonds is 3. The summed E-state index contributed by atoms with van der Waals surface area (Å²) in [5.74, 6) is -0.179. The first kappa shape index (κ1) is 17.5. The molecule has 28 heavy (non-hydrogen) atoms. The Bertz CT molecular complexity index is 1200. The minimum Gasteiger partial charge on any atom is -0.398 e. The maximum absolute atomic E-state index is 12.2. The van der Waals surface area contributed by atoms with E-state index in [-0.39, 0.29) is 17.7 Å². The molecule has 3 aromatic rings. The van der Waals surface area contributed by atoms with E-state index in [1.807, 2.05) is 31.2 Å². The van der Waals surface area contributed by atoms with E-state index in [1.165, 1.54) is 0 Å².